The minimum atomic E-state index is -0.599. The summed E-state index contributed by atoms with van der Waals surface area (Å²) in [5.41, 5.74) is 3.21. The van der Waals surface area contributed by atoms with Crippen LogP contribution in [0.5, 0.6) is 5.75 Å². The van der Waals surface area contributed by atoms with Gasteiger partial charge in [0.25, 0.3) is 0 Å². The summed E-state index contributed by atoms with van der Waals surface area (Å²) in [6.45, 7) is 15.6. The molecule has 1 aliphatic carbocycles. The van der Waals surface area contributed by atoms with Crippen molar-refractivity contribution in [2.24, 2.45) is 5.92 Å². The van der Waals surface area contributed by atoms with Crippen LogP contribution in [0, 0.1) is 5.92 Å². The molecule has 0 aliphatic heterocycles. The van der Waals surface area contributed by atoms with Crippen molar-refractivity contribution in [1.29, 1.82) is 0 Å². The summed E-state index contributed by atoms with van der Waals surface area (Å²) in [6, 6.07) is 26.5. The fourth-order valence-corrected chi connectivity index (χ4v) is 10.4. The van der Waals surface area contributed by atoms with Gasteiger partial charge in [-0.2, -0.15) is 0 Å². The molecule has 0 heterocycles. The molecule has 3 heteroatoms. The van der Waals surface area contributed by atoms with Gasteiger partial charge in [0.05, 0.1) is 0 Å². The highest BCUT2D eigenvalue weighted by Crippen LogP contribution is 2.51. The number of phenolic OH excluding ortho intramolecular Hbond substituents is 1. The Morgan fingerprint density at radius 2 is 1.41 bits per heavy atom. The van der Waals surface area contributed by atoms with E-state index >= 15 is 0 Å². The number of benzene rings is 3. The maximum absolute atomic E-state index is 11.4. The average Bonchev–Trinajstić information content (AvgIpc) is 2.84. The standard InChI is InChI=1S/C34H40IOP/c1-24-18-19-30(31(20-24)37(27-14-10-8-11-15-27)28-16-12-9-13-17-28)35-23-25-21-26(33(2,3)4)22-29(32(25)36)34(5,6)7/h8-19,21-24,36H,20H2,1-7H3. The number of halogens is 1. The van der Waals surface area contributed by atoms with E-state index in [9.17, 15) is 5.11 Å². The molecule has 0 saturated heterocycles. The number of hydrogen-bond acceptors (Lipinski definition) is 1. The van der Waals surface area contributed by atoms with Gasteiger partial charge in [0.1, 0.15) is 5.75 Å². The van der Waals surface area contributed by atoms with Crippen LogP contribution in [0.1, 0.15) is 71.6 Å². The molecule has 1 aliphatic rings. The first-order valence-corrected chi connectivity index (χ1v) is 16.8. The van der Waals surface area contributed by atoms with Crippen molar-refractivity contribution >= 4 is 43.3 Å². The Kier molecular flexibility index (Phi) is 8.61. The Morgan fingerprint density at radius 1 is 0.838 bits per heavy atom. The minimum absolute atomic E-state index is 0.0220. The summed E-state index contributed by atoms with van der Waals surface area (Å²) < 4.78 is 3.85. The summed E-state index contributed by atoms with van der Waals surface area (Å²) in [4.78, 5) is 0. The van der Waals surface area contributed by atoms with E-state index in [1.165, 1.54) is 19.8 Å². The van der Waals surface area contributed by atoms with Crippen LogP contribution in [0.25, 0.3) is 0 Å². The third kappa shape index (κ3) is 6.70. The second-order valence-corrected chi connectivity index (χ2v) is 16.7. The first-order chi connectivity index (χ1) is 17.4. The van der Waals surface area contributed by atoms with E-state index < -0.39 is 28.7 Å². The van der Waals surface area contributed by atoms with Gasteiger partial charge in [-0.3, -0.25) is 0 Å². The Bertz CT molecular complexity index is 1280. The lowest BCUT2D eigenvalue weighted by Gasteiger charge is -2.28. The molecule has 0 saturated carbocycles. The number of phenols is 1. The third-order valence-corrected chi connectivity index (χ3v) is 12.4. The molecule has 1 unspecified atom stereocenters. The molecule has 194 valence electrons. The lowest BCUT2D eigenvalue weighted by atomic mass is 9.79. The van der Waals surface area contributed by atoms with E-state index in [2.05, 4.69) is 137 Å². The van der Waals surface area contributed by atoms with Gasteiger partial charge < -0.3 is 5.11 Å². The van der Waals surface area contributed by atoms with E-state index in [0.717, 1.165) is 17.5 Å². The second kappa shape index (κ2) is 11.4. The predicted octanol–water partition coefficient (Wildman–Crippen LogP) is 9.05. The molecule has 0 amide bonds. The van der Waals surface area contributed by atoms with Crippen molar-refractivity contribution < 1.29 is 5.11 Å². The van der Waals surface area contributed by atoms with Crippen LogP contribution >= 0.6 is 28.7 Å². The van der Waals surface area contributed by atoms with E-state index in [4.69, 9.17) is 0 Å². The van der Waals surface area contributed by atoms with E-state index in [1.54, 1.807) is 5.31 Å². The van der Waals surface area contributed by atoms with Crippen LogP contribution in [-0.2, 0) is 10.8 Å². The molecular weight excluding hydrogens is 582 g/mol. The molecule has 1 atom stereocenters. The van der Waals surface area contributed by atoms with Gasteiger partial charge in [0.2, 0.25) is 0 Å². The minimum Gasteiger partial charge on any atom is -0.507 e. The van der Waals surface area contributed by atoms with Crippen LogP contribution < -0.4 is 10.6 Å². The van der Waals surface area contributed by atoms with Crippen molar-refractivity contribution in [2.75, 3.05) is 0 Å². The topological polar surface area (TPSA) is 20.2 Å². The SMILES string of the molecule is CC1C=CC(I=Cc2cc(C(C)(C)C)cc(C(C)(C)C)c2O)=C(P(c2ccccc2)c2ccccc2)C1. The number of allylic oxidation sites excluding steroid dienone is 4. The molecule has 3 aromatic carbocycles. The van der Waals surface area contributed by atoms with Crippen molar-refractivity contribution in [3.8, 4) is 5.75 Å². The van der Waals surface area contributed by atoms with Crippen molar-refractivity contribution in [3.63, 3.8) is 0 Å². The van der Waals surface area contributed by atoms with Crippen molar-refractivity contribution in [2.45, 2.75) is 65.7 Å². The summed E-state index contributed by atoms with van der Waals surface area (Å²) in [7, 11) is -0.599. The molecule has 1 nitrogen and oxygen atoms in total. The fourth-order valence-electron chi connectivity index (χ4n) is 4.59. The molecule has 0 spiro atoms. The molecule has 0 fully saturated rings. The second-order valence-electron chi connectivity index (χ2n) is 12.0. The highest BCUT2D eigenvalue weighted by molar-refractivity contribution is 14.2. The highest BCUT2D eigenvalue weighted by Gasteiger charge is 2.26. The number of hydrogen-bond donors (Lipinski definition) is 1. The first-order valence-electron chi connectivity index (χ1n) is 13.1. The molecule has 1 N–H and O–H groups in total. The third-order valence-electron chi connectivity index (χ3n) is 6.76. The highest BCUT2D eigenvalue weighted by atomic mass is 127. The molecule has 4 rings (SSSR count). The number of aromatic hydroxyl groups is 1. The average molecular weight is 623 g/mol. The zero-order chi connectivity index (χ0) is 26.8. The molecule has 0 aromatic heterocycles. The zero-order valence-electron chi connectivity index (χ0n) is 23.2. The van der Waals surface area contributed by atoms with Crippen LogP contribution in [0.15, 0.2) is 93.8 Å². The maximum Gasteiger partial charge on any atom is 0.126 e. The Balaban J connectivity index is 1.87. The summed E-state index contributed by atoms with van der Waals surface area (Å²) in [5, 5.41) is 15.8. The molecule has 0 radical (unpaired) electrons. The van der Waals surface area contributed by atoms with Crippen LogP contribution in [0.4, 0.5) is 0 Å². The maximum atomic E-state index is 11.4. The van der Waals surface area contributed by atoms with Crippen molar-refractivity contribution in [1.82, 2.24) is 0 Å². The molecule has 3 aromatic rings. The zero-order valence-corrected chi connectivity index (χ0v) is 26.3. The Hall–Kier alpha value is -2.03. The van der Waals surface area contributed by atoms with E-state index in [1.807, 2.05) is 0 Å². The molecular formula is C34H40IOP. The van der Waals surface area contributed by atoms with Gasteiger partial charge in [0.15, 0.2) is 0 Å². The van der Waals surface area contributed by atoms with Gasteiger partial charge in [0, 0.05) is 14.7 Å². The smallest absolute Gasteiger partial charge is 0.126 e. The van der Waals surface area contributed by atoms with Gasteiger partial charge >= 0.3 is 0 Å². The quantitative estimate of drug-likeness (QED) is 0.222. The van der Waals surface area contributed by atoms with Crippen molar-refractivity contribution in [3.05, 3.63) is 111 Å². The molecule has 0 bridgehead atoms. The lowest BCUT2D eigenvalue weighted by molar-refractivity contribution is 0.444. The summed E-state index contributed by atoms with van der Waals surface area (Å²) >= 11 is -0.444. The van der Waals surface area contributed by atoms with Gasteiger partial charge in [-0.1, -0.05) is 148 Å². The van der Waals surface area contributed by atoms with E-state index in [-0.39, 0.29) is 10.8 Å². The number of rotatable bonds is 5. The lowest BCUT2D eigenvalue weighted by Crippen LogP contribution is -2.17. The van der Waals surface area contributed by atoms with Gasteiger partial charge in [-0.05, 0) is 62.7 Å². The monoisotopic (exact) mass is 622 g/mol. The Morgan fingerprint density at radius 3 is 1.92 bits per heavy atom. The van der Waals surface area contributed by atoms with Crippen LogP contribution in [0.2, 0.25) is 0 Å². The van der Waals surface area contributed by atoms with E-state index in [0.29, 0.717) is 11.7 Å². The van der Waals surface area contributed by atoms with Gasteiger partial charge in [-0.25, -0.2) is 0 Å². The first kappa shape index (κ1) is 28.0. The predicted molar refractivity (Wildman–Crippen MR) is 174 cm³/mol. The van der Waals surface area contributed by atoms with Crippen LogP contribution in [0.3, 0.4) is 0 Å². The van der Waals surface area contributed by atoms with Crippen LogP contribution in [-0.4, -0.2) is 9.12 Å². The summed E-state index contributed by atoms with van der Waals surface area (Å²) in [5.74, 6) is 0.981. The largest absolute Gasteiger partial charge is 0.507 e. The Labute approximate surface area is 235 Å². The fraction of sp³-hybridized carbons (Fsp3) is 0.324. The van der Waals surface area contributed by atoms with Gasteiger partial charge in [-0.15, -0.1) is 0 Å². The summed E-state index contributed by atoms with van der Waals surface area (Å²) in [6.07, 6.45) is 5.86. The normalized spacial score (nSPS) is 16.9. The molecule has 37 heavy (non-hydrogen) atoms.